The average molecular weight is 261 g/mol. The summed E-state index contributed by atoms with van der Waals surface area (Å²) in [5, 5.41) is 3.32. The van der Waals surface area contributed by atoms with Crippen LogP contribution in [0.2, 0.25) is 0 Å². The van der Waals surface area contributed by atoms with Gasteiger partial charge in [-0.25, -0.2) is 4.98 Å². The van der Waals surface area contributed by atoms with Gasteiger partial charge in [0.25, 0.3) is 0 Å². The van der Waals surface area contributed by atoms with Crippen LogP contribution in [0.1, 0.15) is 45.1 Å². The lowest BCUT2D eigenvalue weighted by Crippen LogP contribution is -2.26. The maximum absolute atomic E-state index is 4.49. The first-order valence-corrected chi connectivity index (χ1v) is 7.73. The van der Waals surface area contributed by atoms with Crippen LogP contribution in [0.15, 0.2) is 18.3 Å². The van der Waals surface area contributed by atoms with E-state index in [1.807, 2.05) is 6.20 Å². The lowest BCUT2D eigenvalue weighted by molar-refractivity contribution is 0.255. The van der Waals surface area contributed by atoms with Gasteiger partial charge in [-0.3, -0.25) is 4.90 Å². The minimum atomic E-state index is 0.963. The van der Waals surface area contributed by atoms with Crippen molar-refractivity contribution in [2.24, 2.45) is 5.92 Å². The summed E-state index contributed by atoms with van der Waals surface area (Å²) in [6.07, 6.45) is 7.25. The Morgan fingerprint density at radius 2 is 2.11 bits per heavy atom. The molecule has 3 nitrogen and oxygen atoms in total. The molecule has 1 N–H and O–H groups in total. The van der Waals surface area contributed by atoms with Crippen molar-refractivity contribution in [3.05, 3.63) is 23.9 Å². The average Bonchev–Trinajstić information content (AvgIpc) is 3.22. The van der Waals surface area contributed by atoms with E-state index in [9.17, 15) is 0 Å². The first-order chi connectivity index (χ1) is 9.31. The summed E-state index contributed by atoms with van der Waals surface area (Å²) in [4.78, 5) is 7.06. The number of anilines is 1. The zero-order chi connectivity index (χ0) is 13.5. The number of nitrogens with one attached hydrogen (secondary N) is 1. The summed E-state index contributed by atoms with van der Waals surface area (Å²) in [5.74, 6) is 1.96. The second kappa shape index (κ2) is 7.49. The summed E-state index contributed by atoms with van der Waals surface area (Å²) < 4.78 is 0. The van der Waals surface area contributed by atoms with Gasteiger partial charge in [0.15, 0.2) is 0 Å². The third kappa shape index (κ3) is 5.19. The molecule has 3 heteroatoms. The van der Waals surface area contributed by atoms with Crippen LogP contribution < -0.4 is 5.32 Å². The van der Waals surface area contributed by atoms with Gasteiger partial charge in [-0.15, -0.1) is 0 Å². The fourth-order valence-corrected chi connectivity index (χ4v) is 2.35. The number of nitrogens with zero attached hydrogens (tertiary/aromatic N) is 2. The topological polar surface area (TPSA) is 28.2 Å². The molecule has 2 rings (SSSR count). The SMILES string of the molecule is CCCNc1ccc(CN(CCC)CC2CC2)cn1. The molecule has 1 aromatic heterocycles. The maximum atomic E-state index is 4.49. The first-order valence-electron chi connectivity index (χ1n) is 7.73. The molecule has 0 bridgehead atoms. The number of hydrogen-bond acceptors (Lipinski definition) is 3. The second-order valence-corrected chi connectivity index (χ2v) is 5.66. The Morgan fingerprint density at radius 3 is 2.68 bits per heavy atom. The molecule has 1 aliphatic carbocycles. The molecule has 0 radical (unpaired) electrons. The van der Waals surface area contributed by atoms with Crippen molar-refractivity contribution in [1.29, 1.82) is 0 Å². The lowest BCUT2D eigenvalue weighted by Gasteiger charge is -2.21. The molecule has 0 amide bonds. The van der Waals surface area contributed by atoms with E-state index >= 15 is 0 Å². The van der Waals surface area contributed by atoms with E-state index in [1.165, 1.54) is 37.9 Å². The Balaban J connectivity index is 1.84. The van der Waals surface area contributed by atoms with E-state index in [-0.39, 0.29) is 0 Å². The molecule has 0 saturated heterocycles. The minimum Gasteiger partial charge on any atom is -0.370 e. The summed E-state index contributed by atoms with van der Waals surface area (Å²) in [5.41, 5.74) is 1.33. The molecule has 19 heavy (non-hydrogen) atoms. The van der Waals surface area contributed by atoms with Crippen molar-refractivity contribution in [3.8, 4) is 0 Å². The zero-order valence-corrected chi connectivity index (χ0v) is 12.4. The van der Waals surface area contributed by atoms with E-state index < -0.39 is 0 Å². The molecule has 0 unspecified atom stereocenters. The molecule has 0 atom stereocenters. The van der Waals surface area contributed by atoms with Crippen LogP contribution in [-0.4, -0.2) is 29.5 Å². The Kier molecular flexibility index (Phi) is 5.64. The van der Waals surface area contributed by atoms with Gasteiger partial charge < -0.3 is 5.32 Å². The van der Waals surface area contributed by atoms with Crippen LogP contribution >= 0.6 is 0 Å². The van der Waals surface area contributed by atoms with Gasteiger partial charge in [-0.05, 0) is 49.8 Å². The third-order valence-corrected chi connectivity index (χ3v) is 3.54. The molecule has 0 spiro atoms. The quantitative estimate of drug-likeness (QED) is 0.737. The van der Waals surface area contributed by atoms with E-state index in [2.05, 4.69) is 41.2 Å². The predicted octanol–water partition coefficient (Wildman–Crippen LogP) is 3.53. The monoisotopic (exact) mass is 261 g/mol. The van der Waals surface area contributed by atoms with E-state index in [0.29, 0.717) is 0 Å². The molecule has 0 aromatic carbocycles. The van der Waals surface area contributed by atoms with E-state index in [1.54, 1.807) is 0 Å². The third-order valence-electron chi connectivity index (χ3n) is 3.54. The fourth-order valence-electron chi connectivity index (χ4n) is 2.35. The summed E-state index contributed by atoms with van der Waals surface area (Å²) >= 11 is 0. The number of hydrogen-bond donors (Lipinski definition) is 1. The van der Waals surface area contributed by atoms with Gasteiger partial charge in [-0.1, -0.05) is 19.9 Å². The Morgan fingerprint density at radius 1 is 1.26 bits per heavy atom. The molecule has 0 aliphatic heterocycles. The highest BCUT2D eigenvalue weighted by atomic mass is 15.1. The molecule has 1 fully saturated rings. The van der Waals surface area contributed by atoms with Gasteiger partial charge >= 0.3 is 0 Å². The van der Waals surface area contributed by atoms with Crippen LogP contribution in [-0.2, 0) is 6.54 Å². The zero-order valence-electron chi connectivity index (χ0n) is 12.4. The van der Waals surface area contributed by atoms with Crippen molar-refractivity contribution in [2.45, 2.75) is 46.1 Å². The van der Waals surface area contributed by atoms with Crippen LogP contribution in [0, 0.1) is 5.92 Å². The predicted molar refractivity (Wildman–Crippen MR) is 81.3 cm³/mol. The summed E-state index contributed by atoms with van der Waals surface area (Å²) in [6, 6.07) is 4.31. The van der Waals surface area contributed by atoms with Gasteiger partial charge in [0, 0.05) is 25.8 Å². The number of pyridine rings is 1. The van der Waals surface area contributed by atoms with Gasteiger partial charge in [-0.2, -0.15) is 0 Å². The van der Waals surface area contributed by atoms with Crippen molar-refractivity contribution in [1.82, 2.24) is 9.88 Å². The second-order valence-electron chi connectivity index (χ2n) is 5.66. The standard InChI is InChI=1S/C16H27N3/c1-3-9-17-16-8-7-15(11-18-16)13-19(10-4-2)12-14-5-6-14/h7-8,11,14H,3-6,9-10,12-13H2,1-2H3,(H,17,18). The highest BCUT2D eigenvalue weighted by molar-refractivity contribution is 5.35. The smallest absolute Gasteiger partial charge is 0.125 e. The van der Waals surface area contributed by atoms with E-state index in [4.69, 9.17) is 0 Å². The molecule has 1 aliphatic rings. The summed E-state index contributed by atoms with van der Waals surface area (Å²) in [7, 11) is 0. The first kappa shape index (κ1) is 14.3. The van der Waals surface area contributed by atoms with Crippen LogP contribution in [0.4, 0.5) is 5.82 Å². The highest BCUT2D eigenvalue weighted by Gasteiger charge is 2.23. The van der Waals surface area contributed by atoms with Gasteiger partial charge in [0.1, 0.15) is 5.82 Å². The Labute approximate surface area is 117 Å². The molecule has 1 heterocycles. The minimum absolute atomic E-state index is 0.963. The van der Waals surface area contributed by atoms with E-state index in [0.717, 1.165) is 31.2 Å². The fraction of sp³-hybridized carbons (Fsp3) is 0.688. The molecule has 1 saturated carbocycles. The largest absolute Gasteiger partial charge is 0.370 e. The van der Waals surface area contributed by atoms with Crippen molar-refractivity contribution in [3.63, 3.8) is 0 Å². The van der Waals surface area contributed by atoms with Crippen molar-refractivity contribution in [2.75, 3.05) is 25.0 Å². The molecule has 106 valence electrons. The van der Waals surface area contributed by atoms with Crippen LogP contribution in [0.25, 0.3) is 0 Å². The normalized spacial score (nSPS) is 14.9. The number of rotatable bonds is 9. The number of aromatic nitrogens is 1. The van der Waals surface area contributed by atoms with Gasteiger partial charge in [0.05, 0.1) is 0 Å². The Bertz CT molecular complexity index is 357. The Hall–Kier alpha value is -1.09. The van der Waals surface area contributed by atoms with Crippen molar-refractivity contribution < 1.29 is 0 Å². The van der Waals surface area contributed by atoms with Gasteiger partial charge in [0.2, 0.25) is 0 Å². The molecular formula is C16H27N3. The lowest BCUT2D eigenvalue weighted by atomic mass is 10.2. The highest BCUT2D eigenvalue weighted by Crippen LogP contribution is 2.30. The van der Waals surface area contributed by atoms with Crippen molar-refractivity contribution >= 4 is 5.82 Å². The maximum Gasteiger partial charge on any atom is 0.125 e. The molecular weight excluding hydrogens is 234 g/mol. The van der Waals surface area contributed by atoms with Crippen LogP contribution in [0.5, 0.6) is 0 Å². The summed E-state index contributed by atoms with van der Waals surface area (Å²) in [6.45, 7) is 8.94. The van der Waals surface area contributed by atoms with Crippen LogP contribution in [0.3, 0.4) is 0 Å². The molecule has 1 aromatic rings.